The zero-order chi connectivity index (χ0) is 13.9. The van der Waals surface area contributed by atoms with E-state index < -0.39 is 0 Å². The van der Waals surface area contributed by atoms with Gasteiger partial charge in [-0.3, -0.25) is 4.79 Å². The maximum absolute atomic E-state index is 12.0. The normalized spacial score (nSPS) is 33.0. The van der Waals surface area contributed by atoms with Gasteiger partial charge in [0, 0.05) is 19.1 Å². The minimum atomic E-state index is 0.0695. The minimum Gasteiger partial charge on any atom is -0.354 e. The van der Waals surface area contributed by atoms with Gasteiger partial charge < -0.3 is 15.5 Å². The van der Waals surface area contributed by atoms with Crippen LogP contribution in [0.25, 0.3) is 0 Å². The molecule has 0 aromatic carbocycles. The molecule has 3 atom stereocenters. The summed E-state index contributed by atoms with van der Waals surface area (Å²) in [6.07, 6.45) is 7.54. The Balaban J connectivity index is 1.41. The fourth-order valence-electron chi connectivity index (χ4n) is 3.79. The Morgan fingerprint density at radius 2 is 2.15 bits per heavy atom. The highest BCUT2D eigenvalue weighted by Gasteiger charge is 2.34. The largest absolute Gasteiger partial charge is 0.354 e. The van der Waals surface area contributed by atoms with Crippen molar-refractivity contribution in [2.24, 2.45) is 11.8 Å². The number of nitrogens with one attached hydrogen (secondary N) is 2. The van der Waals surface area contributed by atoms with Gasteiger partial charge in [0.15, 0.2) is 0 Å². The van der Waals surface area contributed by atoms with E-state index in [0.717, 1.165) is 37.9 Å². The molecule has 0 aromatic heterocycles. The number of nitrogens with zero attached hydrogens (tertiary/aromatic N) is 1. The van der Waals surface area contributed by atoms with Gasteiger partial charge in [0.05, 0.1) is 6.04 Å². The number of hydrogen-bond acceptors (Lipinski definition) is 3. The summed E-state index contributed by atoms with van der Waals surface area (Å²) >= 11 is 0. The van der Waals surface area contributed by atoms with Gasteiger partial charge in [0.1, 0.15) is 0 Å². The lowest BCUT2D eigenvalue weighted by molar-refractivity contribution is -0.123. The number of piperidine rings is 1. The molecule has 3 unspecified atom stereocenters. The van der Waals surface area contributed by atoms with Crippen molar-refractivity contribution in [1.29, 1.82) is 0 Å². The Morgan fingerprint density at radius 3 is 2.85 bits per heavy atom. The first kappa shape index (κ1) is 14.3. The van der Waals surface area contributed by atoms with Crippen molar-refractivity contribution in [1.82, 2.24) is 15.5 Å². The van der Waals surface area contributed by atoms with E-state index in [1.165, 1.54) is 38.8 Å². The monoisotopic (exact) mass is 279 g/mol. The summed E-state index contributed by atoms with van der Waals surface area (Å²) in [5.41, 5.74) is 0. The summed E-state index contributed by atoms with van der Waals surface area (Å²) in [7, 11) is 0. The lowest BCUT2D eigenvalue weighted by atomic mass is 9.96. The molecule has 3 rings (SSSR count). The minimum absolute atomic E-state index is 0.0695. The average molecular weight is 279 g/mol. The van der Waals surface area contributed by atoms with E-state index in [-0.39, 0.29) is 11.9 Å². The molecular formula is C16H29N3O. The van der Waals surface area contributed by atoms with Crippen LogP contribution in [0.5, 0.6) is 0 Å². The van der Waals surface area contributed by atoms with Crippen LogP contribution in [0, 0.1) is 11.8 Å². The van der Waals surface area contributed by atoms with E-state index in [4.69, 9.17) is 0 Å². The molecular weight excluding hydrogens is 250 g/mol. The first-order chi connectivity index (χ1) is 9.74. The second-order valence-corrected chi connectivity index (χ2v) is 6.98. The van der Waals surface area contributed by atoms with Gasteiger partial charge in [0.25, 0.3) is 0 Å². The van der Waals surface area contributed by atoms with Gasteiger partial charge >= 0.3 is 0 Å². The van der Waals surface area contributed by atoms with Crippen molar-refractivity contribution < 1.29 is 4.79 Å². The molecule has 4 nitrogen and oxygen atoms in total. The molecule has 1 saturated carbocycles. The number of carbonyl (C=O) groups is 1. The van der Waals surface area contributed by atoms with Gasteiger partial charge in [-0.15, -0.1) is 0 Å². The van der Waals surface area contributed by atoms with Crippen molar-refractivity contribution in [3.63, 3.8) is 0 Å². The average Bonchev–Trinajstić information content (AvgIpc) is 3.18. The molecule has 4 heteroatoms. The Bertz CT molecular complexity index is 337. The molecule has 20 heavy (non-hydrogen) atoms. The number of hydrogen-bond donors (Lipinski definition) is 2. The molecule has 0 spiro atoms. The summed E-state index contributed by atoms with van der Waals surface area (Å²) in [5.74, 6) is 1.82. The molecule has 2 saturated heterocycles. The van der Waals surface area contributed by atoms with Crippen LogP contribution >= 0.6 is 0 Å². The van der Waals surface area contributed by atoms with Crippen molar-refractivity contribution >= 4 is 5.91 Å². The van der Waals surface area contributed by atoms with Crippen LogP contribution in [0.2, 0.25) is 0 Å². The maximum atomic E-state index is 12.0. The molecule has 2 aliphatic heterocycles. The molecule has 0 aromatic rings. The van der Waals surface area contributed by atoms with E-state index in [9.17, 15) is 4.79 Å². The zero-order valence-electron chi connectivity index (χ0n) is 12.7. The van der Waals surface area contributed by atoms with E-state index in [1.807, 2.05) is 0 Å². The lowest BCUT2D eigenvalue weighted by Crippen LogP contribution is -2.47. The van der Waals surface area contributed by atoms with E-state index in [2.05, 4.69) is 22.5 Å². The molecule has 0 radical (unpaired) electrons. The fourth-order valence-corrected chi connectivity index (χ4v) is 3.79. The topological polar surface area (TPSA) is 44.4 Å². The highest BCUT2D eigenvalue weighted by Crippen LogP contribution is 2.36. The van der Waals surface area contributed by atoms with Crippen LogP contribution in [0.1, 0.15) is 45.4 Å². The summed E-state index contributed by atoms with van der Waals surface area (Å²) in [6, 6.07) is 0.824. The molecule has 0 bridgehead atoms. The second kappa shape index (κ2) is 6.44. The van der Waals surface area contributed by atoms with Crippen LogP contribution in [-0.4, -0.2) is 49.1 Å². The maximum Gasteiger partial charge on any atom is 0.237 e. The molecule has 1 aliphatic carbocycles. The molecule has 2 N–H and O–H groups in total. The van der Waals surface area contributed by atoms with Crippen LogP contribution in [0.15, 0.2) is 0 Å². The summed E-state index contributed by atoms with van der Waals surface area (Å²) < 4.78 is 0. The van der Waals surface area contributed by atoms with Gasteiger partial charge in [-0.2, -0.15) is 0 Å². The van der Waals surface area contributed by atoms with Crippen LogP contribution in [-0.2, 0) is 4.79 Å². The number of rotatable bonds is 5. The smallest absolute Gasteiger partial charge is 0.237 e. The van der Waals surface area contributed by atoms with E-state index >= 15 is 0 Å². The number of likely N-dealkylation sites (tertiary alicyclic amines) is 1. The lowest BCUT2D eigenvalue weighted by Gasteiger charge is -2.37. The standard InChI is InChI=1S/C16H29N3O/c1-12(14-6-7-14)19-9-3-4-13(11-19)10-18-16(20)15-5-2-8-17-15/h12-15,17H,2-11H2,1H3,(H,18,20). The zero-order valence-corrected chi connectivity index (χ0v) is 12.7. The van der Waals surface area contributed by atoms with Gasteiger partial charge in [-0.25, -0.2) is 0 Å². The predicted molar refractivity (Wildman–Crippen MR) is 80.5 cm³/mol. The fraction of sp³-hybridized carbons (Fsp3) is 0.938. The molecule has 1 amide bonds. The molecule has 3 fully saturated rings. The first-order valence-electron chi connectivity index (χ1n) is 8.49. The Hall–Kier alpha value is -0.610. The highest BCUT2D eigenvalue weighted by molar-refractivity contribution is 5.81. The summed E-state index contributed by atoms with van der Waals surface area (Å²) in [5, 5.41) is 6.44. The number of amides is 1. The third-order valence-electron chi connectivity index (χ3n) is 5.37. The predicted octanol–water partition coefficient (Wildman–Crippen LogP) is 1.37. The molecule has 114 valence electrons. The third-order valence-corrected chi connectivity index (χ3v) is 5.37. The Morgan fingerprint density at radius 1 is 1.30 bits per heavy atom. The Kier molecular flexibility index (Phi) is 4.61. The van der Waals surface area contributed by atoms with Crippen molar-refractivity contribution in [3.8, 4) is 0 Å². The van der Waals surface area contributed by atoms with Crippen LogP contribution in [0.4, 0.5) is 0 Å². The van der Waals surface area contributed by atoms with Crippen molar-refractivity contribution in [3.05, 3.63) is 0 Å². The SMILES string of the molecule is CC(C1CC1)N1CCCC(CNC(=O)C2CCCN2)C1. The van der Waals surface area contributed by atoms with E-state index in [1.54, 1.807) is 0 Å². The van der Waals surface area contributed by atoms with Gasteiger partial charge in [0.2, 0.25) is 5.91 Å². The Labute approximate surface area is 122 Å². The van der Waals surface area contributed by atoms with Gasteiger partial charge in [-0.1, -0.05) is 0 Å². The van der Waals surface area contributed by atoms with Crippen LogP contribution in [0.3, 0.4) is 0 Å². The van der Waals surface area contributed by atoms with E-state index in [0.29, 0.717) is 5.92 Å². The quantitative estimate of drug-likeness (QED) is 0.799. The molecule has 3 aliphatic rings. The molecule has 2 heterocycles. The second-order valence-electron chi connectivity index (χ2n) is 6.98. The summed E-state index contributed by atoms with van der Waals surface area (Å²) in [6.45, 7) is 6.68. The van der Waals surface area contributed by atoms with Crippen molar-refractivity contribution in [2.75, 3.05) is 26.2 Å². The highest BCUT2D eigenvalue weighted by atomic mass is 16.2. The third kappa shape index (κ3) is 3.53. The van der Waals surface area contributed by atoms with Gasteiger partial charge in [-0.05, 0) is 70.4 Å². The number of carbonyl (C=O) groups excluding carboxylic acids is 1. The first-order valence-corrected chi connectivity index (χ1v) is 8.49. The van der Waals surface area contributed by atoms with Crippen LogP contribution < -0.4 is 10.6 Å². The van der Waals surface area contributed by atoms with Crippen molar-refractivity contribution in [2.45, 2.75) is 57.5 Å². The summed E-state index contributed by atoms with van der Waals surface area (Å²) in [4.78, 5) is 14.7.